The normalized spacial score (nSPS) is 16.2. The summed E-state index contributed by atoms with van der Waals surface area (Å²) in [5, 5.41) is 47.3. The molecule has 0 saturated carbocycles. The van der Waals surface area contributed by atoms with Gasteiger partial charge in [-0.1, -0.05) is 70.1 Å². The summed E-state index contributed by atoms with van der Waals surface area (Å²) in [5.74, 6) is -0.356. The van der Waals surface area contributed by atoms with Gasteiger partial charge in [-0.2, -0.15) is 0 Å². The molecule has 0 radical (unpaired) electrons. The number of carbonyl (C=O) groups is 1. The average Bonchev–Trinajstić information content (AvgIpc) is 2.72. The van der Waals surface area contributed by atoms with Crippen molar-refractivity contribution in [2.24, 2.45) is 0 Å². The average molecular weight is 416 g/mol. The minimum Gasteiger partial charge on any atom is -0.394 e. The molecule has 0 rings (SSSR count). The van der Waals surface area contributed by atoms with Crippen molar-refractivity contribution in [3.63, 3.8) is 0 Å². The zero-order valence-corrected chi connectivity index (χ0v) is 18.0. The van der Waals surface area contributed by atoms with E-state index in [1.165, 1.54) is 63.0 Å². The predicted octanol–water partition coefficient (Wildman–Crippen LogP) is 1.52. The molecule has 7 heteroatoms. The number of hydrogen-bond acceptors (Lipinski definition) is 6. The molecule has 1 amide bonds. The molecule has 170 valence electrons. The maximum atomic E-state index is 12.0. The van der Waals surface area contributed by atoms with Crippen molar-refractivity contribution in [1.82, 2.24) is 4.90 Å². The van der Waals surface area contributed by atoms with Gasteiger partial charge in [0.25, 0.3) is 0 Å². The van der Waals surface area contributed by atoms with E-state index in [1.54, 1.807) is 6.08 Å². The number of rotatable bonds is 17. The number of allylic oxidation sites excluding steroid dienone is 3. The second-order valence-electron chi connectivity index (χ2n) is 7.57. The summed E-state index contributed by atoms with van der Waals surface area (Å²) in [6.45, 7) is 1.26. The molecule has 0 aliphatic heterocycles. The summed E-state index contributed by atoms with van der Waals surface area (Å²) in [5.41, 5.74) is 0. The number of unbranched alkanes of at least 4 members (excludes halogenated alkanes) is 8. The van der Waals surface area contributed by atoms with Crippen molar-refractivity contribution >= 4 is 5.91 Å². The van der Waals surface area contributed by atoms with E-state index in [4.69, 9.17) is 5.11 Å². The van der Waals surface area contributed by atoms with Crippen molar-refractivity contribution < 1.29 is 30.3 Å². The molecule has 7 nitrogen and oxygen atoms in total. The Morgan fingerprint density at radius 3 is 2.00 bits per heavy atom. The van der Waals surface area contributed by atoms with Crippen LogP contribution in [0.2, 0.25) is 0 Å². The molecule has 0 saturated heterocycles. The molecule has 0 aromatic rings. The van der Waals surface area contributed by atoms with Crippen LogP contribution >= 0.6 is 0 Å². The second kappa shape index (κ2) is 17.6. The predicted molar refractivity (Wildman–Crippen MR) is 114 cm³/mol. The Labute approximate surface area is 175 Å². The number of aliphatic hydroxyl groups is 5. The highest BCUT2D eigenvalue weighted by Crippen LogP contribution is 2.10. The number of aliphatic hydroxyl groups excluding tert-OH is 5. The Morgan fingerprint density at radius 2 is 1.41 bits per heavy atom. The summed E-state index contributed by atoms with van der Waals surface area (Å²) >= 11 is 0. The van der Waals surface area contributed by atoms with Gasteiger partial charge in [0.05, 0.1) is 6.61 Å². The fourth-order valence-corrected chi connectivity index (χ4v) is 2.88. The minimum absolute atomic E-state index is 0.221. The molecule has 0 aliphatic rings. The van der Waals surface area contributed by atoms with Gasteiger partial charge in [0, 0.05) is 19.7 Å². The summed E-state index contributed by atoms with van der Waals surface area (Å²) in [6, 6.07) is 0. The smallest absolute Gasteiger partial charge is 0.246 e. The van der Waals surface area contributed by atoms with Crippen LogP contribution in [0.25, 0.3) is 0 Å². The zero-order chi connectivity index (χ0) is 22.1. The molecule has 0 aliphatic carbocycles. The Bertz CT molecular complexity index is 468. The largest absolute Gasteiger partial charge is 0.394 e. The maximum absolute atomic E-state index is 12.0. The van der Waals surface area contributed by atoms with Gasteiger partial charge in [0.15, 0.2) is 0 Å². The molecule has 0 aromatic heterocycles. The summed E-state index contributed by atoms with van der Waals surface area (Å²) < 4.78 is 0. The molecule has 29 heavy (non-hydrogen) atoms. The molecular weight excluding hydrogens is 374 g/mol. The van der Waals surface area contributed by atoms with Gasteiger partial charge < -0.3 is 30.4 Å². The lowest BCUT2D eigenvalue weighted by Crippen LogP contribution is -2.49. The third-order valence-electron chi connectivity index (χ3n) is 4.87. The van der Waals surface area contributed by atoms with E-state index in [9.17, 15) is 25.2 Å². The number of carbonyl (C=O) groups excluding carboxylic acids is 1. The summed E-state index contributed by atoms with van der Waals surface area (Å²) in [7, 11) is 1.46. The SMILES string of the molecule is CCCCCCCCCCC=CC=CC(=O)N(C)C[C@H](O)[C@@H](O)[C@H](O)[C@H](O)CO. The molecule has 0 fully saturated rings. The third-order valence-corrected chi connectivity index (χ3v) is 4.87. The van der Waals surface area contributed by atoms with E-state index >= 15 is 0 Å². The Morgan fingerprint density at radius 1 is 0.862 bits per heavy atom. The molecule has 0 unspecified atom stereocenters. The third kappa shape index (κ3) is 13.6. The van der Waals surface area contributed by atoms with Gasteiger partial charge in [0.2, 0.25) is 5.91 Å². The van der Waals surface area contributed by atoms with Crippen LogP contribution in [0.5, 0.6) is 0 Å². The van der Waals surface area contributed by atoms with Gasteiger partial charge in [0.1, 0.15) is 24.4 Å². The van der Waals surface area contributed by atoms with Crippen molar-refractivity contribution in [3.05, 3.63) is 24.3 Å². The molecular formula is C22H41NO6. The highest BCUT2D eigenvalue weighted by Gasteiger charge is 2.31. The summed E-state index contributed by atoms with van der Waals surface area (Å²) in [6.07, 6.45) is 11.6. The van der Waals surface area contributed by atoms with Crippen molar-refractivity contribution in [2.75, 3.05) is 20.2 Å². The molecule has 0 spiro atoms. The van der Waals surface area contributed by atoms with Crippen molar-refractivity contribution in [3.8, 4) is 0 Å². The number of likely N-dealkylation sites (N-methyl/N-ethyl adjacent to an activating group) is 1. The number of amides is 1. The van der Waals surface area contributed by atoms with Crippen LogP contribution in [0.4, 0.5) is 0 Å². The van der Waals surface area contributed by atoms with Crippen molar-refractivity contribution in [1.29, 1.82) is 0 Å². The van der Waals surface area contributed by atoms with Crippen LogP contribution in [0.1, 0.15) is 64.7 Å². The fraction of sp³-hybridized carbons (Fsp3) is 0.773. The number of hydrogen-bond donors (Lipinski definition) is 5. The Hall–Kier alpha value is -1.25. The lowest BCUT2D eigenvalue weighted by molar-refractivity contribution is -0.134. The minimum atomic E-state index is -1.70. The molecule has 0 aromatic carbocycles. The van der Waals surface area contributed by atoms with E-state index in [2.05, 4.69) is 6.92 Å². The van der Waals surface area contributed by atoms with Gasteiger partial charge in [-0.3, -0.25) is 4.79 Å². The number of nitrogens with zero attached hydrogens (tertiary/aromatic N) is 1. The first kappa shape index (κ1) is 27.8. The van der Waals surface area contributed by atoms with Crippen LogP contribution < -0.4 is 0 Å². The van der Waals surface area contributed by atoms with Gasteiger partial charge in [-0.25, -0.2) is 0 Å². The second-order valence-corrected chi connectivity index (χ2v) is 7.57. The lowest BCUT2D eigenvalue weighted by atomic mass is 10.0. The lowest BCUT2D eigenvalue weighted by Gasteiger charge is -2.28. The Balaban J connectivity index is 4.01. The van der Waals surface area contributed by atoms with Crippen LogP contribution in [-0.4, -0.2) is 81.0 Å². The fourth-order valence-electron chi connectivity index (χ4n) is 2.88. The van der Waals surface area contributed by atoms with E-state index in [0.717, 1.165) is 12.8 Å². The highest BCUT2D eigenvalue weighted by molar-refractivity contribution is 5.87. The summed E-state index contributed by atoms with van der Waals surface area (Å²) in [4.78, 5) is 13.2. The van der Waals surface area contributed by atoms with Gasteiger partial charge in [-0.05, 0) is 12.8 Å². The Kier molecular flexibility index (Phi) is 16.8. The first-order valence-corrected chi connectivity index (χ1v) is 10.8. The van der Waals surface area contributed by atoms with Crippen LogP contribution in [0.15, 0.2) is 24.3 Å². The quantitative estimate of drug-likeness (QED) is 0.140. The topological polar surface area (TPSA) is 121 Å². The van der Waals surface area contributed by atoms with Crippen LogP contribution in [0, 0.1) is 0 Å². The van der Waals surface area contributed by atoms with E-state index in [0.29, 0.717) is 0 Å². The van der Waals surface area contributed by atoms with Gasteiger partial charge in [-0.15, -0.1) is 0 Å². The molecule has 0 bridgehead atoms. The highest BCUT2D eigenvalue weighted by atomic mass is 16.4. The maximum Gasteiger partial charge on any atom is 0.246 e. The molecule has 0 heterocycles. The molecule has 5 N–H and O–H groups in total. The van der Waals surface area contributed by atoms with E-state index in [1.807, 2.05) is 12.2 Å². The molecule has 4 atom stereocenters. The van der Waals surface area contributed by atoms with Gasteiger partial charge >= 0.3 is 0 Å². The monoisotopic (exact) mass is 415 g/mol. The van der Waals surface area contributed by atoms with Crippen LogP contribution in [-0.2, 0) is 4.79 Å². The van der Waals surface area contributed by atoms with Crippen molar-refractivity contribution in [2.45, 2.75) is 89.1 Å². The van der Waals surface area contributed by atoms with E-state index in [-0.39, 0.29) is 12.5 Å². The first-order valence-electron chi connectivity index (χ1n) is 10.8. The van der Waals surface area contributed by atoms with Crippen LogP contribution in [0.3, 0.4) is 0 Å². The van der Waals surface area contributed by atoms with E-state index < -0.39 is 31.0 Å². The zero-order valence-electron chi connectivity index (χ0n) is 18.0. The first-order chi connectivity index (χ1) is 13.8. The standard InChI is InChI=1S/C22H41NO6/c1-3-4-5-6-7-8-9-10-11-12-13-14-15-20(27)23(2)16-18(25)21(28)22(29)19(26)17-24/h12-15,18-19,21-22,24-26,28-29H,3-11,16-17H2,1-2H3/t18-,19+,21+,22+/m0/s1.